The van der Waals surface area contributed by atoms with Crippen LogP contribution in [0.3, 0.4) is 0 Å². The van der Waals surface area contributed by atoms with Crippen molar-refractivity contribution in [2.24, 2.45) is 0 Å². The Hall–Kier alpha value is -2.45. The minimum Gasteiger partial charge on any atom is -0.395 e. The smallest absolute Gasteiger partial charge is 0.319 e. The van der Waals surface area contributed by atoms with E-state index in [2.05, 4.69) is 27.9 Å². The number of carbonyl (C=O) groups is 2. The quantitative estimate of drug-likeness (QED) is 0.525. The summed E-state index contributed by atoms with van der Waals surface area (Å²) in [5.74, 6) is 0. The fourth-order valence-corrected chi connectivity index (χ4v) is 3.02. The summed E-state index contributed by atoms with van der Waals surface area (Å²) in [7, 11) is 2.07. The minimum atomic E-state index is -0.284. The topological polar surface area (TPSA) is 93.7 Å². The van der Waals surface area contributed by atoms with Gasteiger partial charge in [0.05, 0.1) is 6.61 Å². The average molecular weight is 433 g/mol. The number of halogens is 1. The lowest BCUT2D eigenvalue weighted by Gasteiger charge is -2.29. The molecule has 8 heteroatoms. The normalized spacial score (nSPS) is 16.2. The zero-order valence-electron chi connectivity index (χ0n) is 17.1. The molecule has 2 amide bonds. The van der Waals surface area contributed by atoms with Crippen LogP contribution in [0, 0.1) is 0 Å². The number of aliphatic hydroxyl groups excluding tert-OH is 1. The highest BCUT2D eigenvalue weighted by Crippen LogP contribution is 2.11. The van der Waals surface area contributed by atoms with Crippen molar-refractivity contribution in [2.45, 2.75) is 19.0 Å². The molecule has 3 rings (SSSR count). The Bertz CT molecular complexity index is 784. The lowest BCUT2D eigenvalue weighted by atomic mass is 10.1. The molecule has 1 atom stereocenters. The van der Waals surface area contributed by atoms with Crippen molar-refractivity contribution in [2.75, 3.05) is 38.6 Å². The minimum absolute atomic E-state index is 0.254. The van der Waals surface area contributed by atoms with Crippen molar-refractivity contribution < 1.29 is 14.7 Å². The summed E-state index contributed by atoms with van der Waals surface area (Å²) in [5.41, 5.74) is 2.56. The summed E-state index contributed by atoms with van der Waals surface area (Å²) in [6, 6.07) is 14.4. The number of anilines is 1. The maximum absolute atomic E-state index is 11.8. The van der Waals surface area contributed by atoms with Gasteiger partial charge in [0.25, 0.3) is 0 Å². The van der Waals surface area contributed by atoms with Gasteiger partial charge in [0.2, 0.25) is 0 Å². The van der Waals surface area contributed by atoms with Crippen LogP contribution in [0.4, 0.5) is 10.5 Å². The van der Waals surface area contributed by atoms with Crippen LogP contribution in [0.1, 0.15) is 11.1 Å². The van der Waals surface area contributed by atoms with Crippen molar-refractivity contribution in [3.63, 3.8) is 0 Å². The van der Waals surface area contributed by atoms with Crippen molar-refractivity contribution in [3.05, 3.63) is 64.7 Å². The molecule has 7 nitrogen and oxygen atoms in total. The maximum Gasteiger partial charge on any atom is 0.319 e. The Morgan fingerprint density at radius 2 is 1.87 bits per heavy atom. The first-order chi connectivity index (χ1) is 14.5. The second kappa shape index (κ2) is 13.0. The molecule has 0 aromatic heterocycles. The molecule has 1 saturated heterocycles. The summed E-state index contributed by atoms with van der Waals surface area (Å²) < 4.78 is 0. The number of piperazine rings is 1. The fraction of sp³-hybridized carbons (Fsp3) is 0.364. The highest BCUT2D eigenvalue weighted by molar-refractivity contribution is 6.30. The van der Waals surface area contributed by atoms with E-state index in [4.69, 9.17) is 16.7 Å². The summed E-state index contributed by atoms with van der Waals surface area (Å²) in [4.78, 5) is 24.4. The number of nitrogens with zero attached hydrogens (tertiary/aromatic N) is 1. The third-order valence-corrected chi connectivity index (χ3v) is 4.83. The van der Waals surface area contributed by atoms with E-state index >= 15 is 0 Å². The predicted octanol–water partition coefficient (Wildman–Crippen LogP) is 2.29. The van der Waals surface area contributed by atoms with Gasteiger partial charge in [-0.15, -0.1) is 0 Å². The number of urea groups is 1. The Balaban J connectivity index is 0.000000297. The van der Waals surface area contributed by atoms with Gasteiger partial charge in [-0.25, -0.2) is 4.79 Å². The van der Waals surface area contributed by atoms with Crippen LogP contribution >= 0.6 is 11.6 Å². The van der Waals surface area contributed by atoms with Gasteiger partial charge < -0.3 is 30.8 Å². The number of hydrogen-bond acceptors (Lipinski definition) is 5. The second-order valence-electron chi connectivity index (χ2n) is 7.10. The summed E-state index contributed by atoms with van der Waals surface area (Å²) in [5, 5.41) is 18.1. The molecule has 1 fully saturated rings. The molecule has 4 N–H and O–H groups in total. The van der Waals surface area contributed by atoms with E-state index in [1.807, 2.05) is 24.3 Å². The third kappa shape index (κ3) is 8.92. The molecular formula is C22H29ClN4O3. The van der Waals surface area contributed by atoms with Gasteiger partial charge in [0.15, 0.2) is 0 Å². The van der Waals surface area contributed by atoms with Gasteiger partial charge in [-0.05, 0) is 42.4 Å². The lowest BCUT2D eigenvalue weighted by Crippen LogP contribution is -2.50. The molecule has 1 aliphatic heterocycles. The molecule has 1 heterocycles. The highest BCUT2D eigenvalue weighted by atomic mass is 35.5. The van der Waals surface area contributed by atoms with Gasteiger partial charge in [0.1, 0.15) is 6.29 Å². The highest BCUT2D eigenvalue weighted by Gasteiger charge is 2.14. The summed E-state index contributed by atoms with van der Waals surface area (Å²) in [6.45, 7) is 3.74. The van der Waals surface area contributed by atoms with Crippen LogP contribution in [-0.4, -0.2) is 61.7 Å². The molecule has 30 heavy (non-hydrogen) atoms. The molecule has 0 aliphatic carbocycles. The fourth-order valence-electron chi connectivity index (χ4n) is 2.89. The van der Waals surface area contributed by atoms with Gasteiger partial charge in [-0.1, -0.05) is 35.9 Å². The molecule has 2 aromatic carbocycles. The standard InChI is InChI=1S/C16H15ClN2O2.C6H14N2O/c17-14-5-1-13(2-6-14)11-18-16(21)19-15-7-3-12(4-8-15)9-10-20;1-8-3-2-7-6(4-8)5-9/h1-8,10H,9,11H2,(H2,18,19,21);6-7,9H,2-5H2,1H3. The SMILES string of the molecule is CN1CCNC(CO)C1.O=CCc1ccc(NC(=O)NCc2ccc(Cl)cc2)cc1. The number of aldehydes is 1. The number of carbonyl (C=O) groups excluding carboxylic acids is 2. The number of rotatable bonds is 6. The van der Waals surface area contributed by atoms with Crippen LogP contribution in [0.2, 0.25) is 5.02 Å². The predicted molar refractivity (Wildman–Crippen MR) is 120 cm³/mol. The lowest BCUT2D eigenvalue weighted by molar-refractivity contribution is -0.107. The van der Waals surface area contributed by atoms with Crippen LogP contribution in [0.15, 0.2) is 48.5 Å². The van der Waals surface area contributed by atoms with Gasteiger partial charge in [-0.3, -0.25) is 0 Å². The van der Waals surface area contributed by atoms with Gasteiger partial charge >= 0.3 is 6.03 Å². The molecule has 2 aromatic rings. The summed E-state index contributed by atoms with van der Waals surface area (Å²) >= 11 is 5.80. The zero-order chi connectivity index (χ0) is 21.8. The van der Waals surface area contributed by atoms with Crippen molar-refractivity contribution in [1.29, 1.82) is 0 Å². The molecule has 0 radical (unpaired) electrons. The van der Waals surface area contributed by atoms with Crippen molar-refractivity contribution in [1.82, 2.24) is 15.5 Å². The Morgan fingerprint density at radius 1 is 1.20 bits per heavy atom. The Labute approximate surface area is 182 Å². The summed E-state index contributed by atoms with van der Waals surface area (Å²) in [6.07, 6.45) is 1.23. The monoisotopic (exact) mass is 432 g/mol. The Kier molecular flexibility index (Phi) is 10.3. The molecule has 1 unspecified atom stereocenters. The average Bonchev–Trinajstić information content (AvgIpc) is 2.75. The second-order valence-corrected chi connectivity index (χ2v) is 7.53. The first-order valence-electron chi connectivity index (χ1n) is 9.85. The van der Waals surface area contributed by atoms with E-state index in [-0.39, 0.29) is 12.6 Å². The van der Waals surface area contributed by atoms with E-state index in [1.165, 1.54) is 0 Å². The number of hydrogen-bond donors (Lipinski definition) is 4. The number of likely N-dealkylation sites (N-methyl/N-ethyl adjacent to an activating group) is 1. The van der Waals surface area contributed by atoms with Crippen LogP contribution < -0.4 is 16.0 Å². The van der Waals surface area contributed by atoms with Gasteiger partial charge in [-0.2, -0.15) is 0 Å². The number of aliphatic hydroxyl groups is 1. The molecular weight excluding hydrogens is 404 g/mol. The first-order valence-corrected chi connectivity index (χ1v) is 10.2. The van der Waals surface area contributed by atoms with E-state index < -0.39 is 0 Å². The van der Waals surface area contributed by atoms with Gasteiger partial charge in [0, 0.05) is 49.4 Å². The molecule has 0 bridgehead atoms. The number of nitrogens with one attached hydrogen (secondary N) is 3. The van der Waals surface area contributed by atoms with Crippen LogP contribution in [0.25, 0.3) is 0 Å². The zero-order valence-corrected chi connectivity index (χ0v) is 17.9. The maximum atomic E-state index is 11.8. The number of amides is 2. The number of benzene rings is 2. The van der Waals surface area contributed by atoms with E-state index in [9.17, 15) is 9.59 Å². The van der Waals surface area contributed by atoms with Crippen LogP contribution in [0.5, 0.6) is 0 Å². The molecule has 0 saturated carbocycles. The molecule has 162 valence electrons. The first kappa shape index (κ1) is 23.8. The third-order valence-electron chi connectivity index (χ3n) is 4.58. The van der Waals surface area contributed by atoms with Crippen molar-refractivity contribution >= 4 is 29.6 Å². The Morgan fingerprint density at radius 3 is 2.43 bits per heavy atom. The molecule has 0 spiro atoms. The van der Waals surface area contributed by atoms with Crippen LogP contribution in [-0.2, 0) is 17.8 Å². The largest absolute Gasteiger partial charge is 0.395 e. The molecule has 1 aliphatic rings. The van der Waals surface area contributed by atoms with E-state index in [0.29, 0.717) is 29.7 Å². The van der Waals surface area contributed by atoms with E-state index in [0.717, 1.165) is 37.0 Å². The van der Waals surface area contributed by atoms with Crippen molar-refractivity contribution in [3.8, 4) is 0 Å². The van der Waals surface area contributed by atoms with E-state index in [1.54, 1.807) is 24.3 Å².